The summed E-state index contributed by atoms with van der Waals surface area (Å²) in [5.74, 6) is 0.885. The Morgan fingerprint density at radius 2 is 1.97 bits per heavy atom. The molecule has 3 aromatic rings. The number of rotatable bonds is 6. The normalized spacial score (nSPS) is 14.2. The van der Waals surface area contributed by atoms with Crippen LogP contribution in [0.1, 0.15) is 11.3 Å². The first-order valence-corrected chi connectivity index (χ1v) is 9.97. The number of fused-ring (bicyclic) bond motifs is 1. The number of ether oxygens (including phenoxy) is 3. The van der Waals surface area contributed by atoms with E-state index in [0.717, 1.165) is 5.56 Å². The summed E-state index contributed by atoms with van der Waals surface area (Å²) in [5, 5.41) is 0. The molecule has 4 rings (SSSR count). The Labute approximate surface area is 179 Å². The second-order valence-electron chi connectivity index (χ2n) is 6.99. The zero-order valence-electron chi connectivity index (χ0n) is 17.2. The van der Waals surface area contributed by atoms with Crippen LogP contribution in [0.3, 0.4) is 0 Å². The monoisotopic (exact) mass is 421 g/mol. The van der Waals surface area contributed by atoms with Crippen molar-refractivity contribution in [1.82, 2.24) is 14.9 Å². The number of aromatic nitrogens is 2. The third kappa shape index (κ3) is 4.92. The Balaban J connectivity index is 1.47. The molecular weight excluding hydrogens is 398 g/mol. The topological polar surface area (TPSA) is 93.8 Å². The summed E-state index contributed by atoms with van der Waals surface area (Å²) in [6, 6.07) is 12.7. The predicted molar refractivity (Wildman–Crippen MR) is 117 cm³/mol. The fourth-order valence-corrected chi connectivity index (χ4v) is 3.28. The van der Waals surface area contributed by atoms with Gasteiger partial charge in [-0.25, -0.2) is 4.98 Å². The van der Waals surface area contributed by atoms with Gasteiger partial charge >= 0.3 is 0 Å². The Hall–Kier alpha value is -3.65. The number of carbonyl (C=O) groups excluding carboxylic acids is 1. The van der Waals surface area contributed by atoms with Crippen molar-refractivity contribution in [3.63, 3.8) is 0 Å². The molecule has 1 saturated heterocycles. The van der Waals surface area contributed by atoms with Crippen LogP contribution in [0.2, 0.25) is 0 Å². The lowest BCUT2D eigenvalue weighted by Gasteiger charge is -2.26. The zero-order chi connectivity index (χ0) is 21.6. The average Bonchev–Trinajstić information content (AvgIpc) is 2.82. The zero-order valence-corrected chi connectivity index (χ0v) is 17.2. The summed E-state index contributed by atoms with van der Waals surface area (Å²) in [6.45, 7) is 2.17. The number of benzene rings is 2. The minimum absolute atomic E-state index is 0.0675. The van der Waals surface area contributed by atoms with Gasteiger partial charge in [-0.2, -0.15) is 0 Å². The molecule has 8 heteroatoms. The van der Waals surface area contributed by atoms with Gasteiger partial charge in [0.25, 0.3) is 11.5 Å². The van der Waals surface area contributed by atoms with Gasteiger partial charge in [-0.15, -0.1) is 0 Å². The first kappa shape index (κ1) is 20.6. The first-order valence-electron chi connectivity index (χ1n) is 9.97. The highest BCUT2D eigenvalue weighted by atomic mass is 16.5. The van der Waals surface area contributed by atoms with Gasteiger partial charge < -0.3 is 24.1 Å². The standard InChI is InChI=1S/C23H23N3O5/c1-29-21-14-16(6-8-19-23(28)25-18-5-3-2-4-17(18)24-19)7-9-20(21)31-15-22(27)26-10-12-30-13-11-26/h2-9,14H,10-13,15H2,1H3,(H,25,28)/b8-6+. The molecule has 2 heterocycles. The van der Waals surface area contributed by atoms with E-state index in [2.05, 4.69) is 9.97 Å². The molecule has 1 N–H and O–H groups in total. The number of nitrogens with one attached hydrogen (secondary N) is 1. The number of carbonyl (C=O) groups is 1. The second-order valence-corrected chi connectivity index (χ2v) is 6.99. The molecule has 0 saturated carbocycles. The van der Waals surface area contributed by atoms with E-state index in [1.807, 2.05) is 30.3 Å². The highest BCUT2D eigenvalue weighted by Crippen LogP contribution is 2.29. The van der Waals surface area contributed by atoms with Gasteiger partial charge in [0.15, 0.2) is 18.1 Å². The van der Waals surface area contributed by atoms with Crippen LogP contribution in [0.4, 0.5) is 0 Å². The van der Waals surface area contributed by atoms with Gasteiger partial charge in [-0.3, -0.25) is 9.59 Å². The molecule has 0 unspecified atom stereocenters. The van der Waals surface area contributed by atoms with E-state index in [0.29, 0.717) is 54.5 Å². The van der Waals surface area contributed by atoms with Crippen LogP contribution < -0.4 is 15.0 Å². The minimum Gasteiger partial charge on any atom is -0.493 e. The van der Waals surface area contributed by atoms with Crippen LogP contribution in [-0.2, 0) is 9.53 Å². The molecule has 8 nitrogen and oxygen atoms in total. The van der Waals surface area contributed by atoms with Gasteiger partial charge in [0.05, 0.1) is 31.4 Å². The maximum atomic E-state index is 12.3. The van der Waals surface area contributed by atoms with Crippen molar-refractivity contribution in [2.24, 2.45) is 0 Å². The van der Waals surface area contributed by atoms with Gasteiger partial charge in [0, 0.05) is 13.1 Å². The van der Waals surface area contributed by atoms with Crippen molar-refractivity contribution in [3.05, 3.63) is 64.1 Å². The van der Waals surface area contributed by atoms with Crippen molar-refractivity contribution < 1.29 is 19.0 Å². The van der Waals surface area contributed by atoms with Gasteiger partial charge in [0.1, 0.15) is 5.69 Å². The first-order chi connectivity index (χ1) is 15.1. The van der Waals surface area contributed by atoms with E-state index >= 15 is 0 Å². The molecule has 1 aliphatic heterocycles. The fraction of sp³-hybridized carbons (Fsp3) is 0.261. The molecule has 1 amide bonds. The Morgan fingerprint density at radius 3 is 2.77 bits per heavy atom. The van der Waals surface area contributed by atoms with E-state index < -0.39 is 0 Å². The quantitative estimate of drug-likeness (QED) is 0.657. The van der Waals surface area contributed by atoms with Crippen LogP contribution in [0.25, 0.3) is 23.2 Å². The Bertz CT molecular complexity index is 1170. The third-order valence-electron chi connectivity index (χ3n) is 4.96. The van der Waals surface area contributed by atoms with Crippen LogP contribution >= 0.6 is 0 Å². The molecular formula is C23H23N3O5. The number of morpholine rings is 1. The highest BCUT2D eigenvalue weighted by Gasteiger charge is 2.18. The molecule has 1 fully saturated rings. The van der Waals surface area contributed by atoms with Gasteiger partial charge in [-0.05, 0) is 35.9 Å². The molecule has 0 spiro atoms. The number of para-hydroxylation sites is 2. The molecule has 0 atom stereocenters. The molecule has 0 aliphatic carbocycles. The van der Waals surface area contributed by atoms with Crippen LogP contribution in [0, 0.1) is 0 Å². The van der Waals surface area contributed by atoms with Crippen molar-refractivity contribution in [2.75, 3.05) is 40.0 Å². The Morgan fingerprint density at radius 1 is 1.16 bits per heavy atom. The molecule has 2 aromatic carbocycles. The van der Waals surface area contributed by atoms with Crippen molar-refractivity contribution in [2.45, 2.75) is 0 Å². The number of hydrogen-bond acceptors (Lipinski definition) is 6. The summed E-state index contributed by atoms with van der Waals surface area (Å²) >= 11 is 0. The lowest BCUT2D eigenvalue weighted by Crippen LogP contribution is -2.43. The van der Waals surface area contributed by atoms with Crippen LogP contribution in [0.15, 0.2) is 47.3 Å². The lowest BCUT2D eigenvalue weighted by atomic mass is 10.1. The van der Waals surface area contributed by atoms with E-state index in [1.54, 1.807) is 29.2 Å². The molecule has 1 aliphatic rings. The number of hydrogen-bond donors (Lipinski definition) is 1. The number of nitrogens with zero attached hydrogens (tertiary/aromatic N) is 2. The number of methoxy groups -OCH3 is 1. The Kier molecular flexibility index (Phi) is 6.28. The number of amides is 1. The van der Waals surface area contributed by atoms with E-state index in [-0.39, 0.29) is 18.1 Å². The lowest BCUT2D eigenvalue weighted by molar-refractivity contribution is -0.137. The third-order valence-corrected chi connectivity index (χ3v) is 4.96. The summed E-state index contributed by atoms with van der Waals surface area (Å²) in [7, 11) is 1.54. The molecule has 31 heavy (non-hydrogen) atoms. The number of aromatic amines is 1. The van der Waals surface area contributed by atoms with Crippen LogP contribution in [-0.4, -0.2) is 60.8 Å². The molecule has 0 bridgehead atoms. The highest BCUT2D eigenvalue weighted by molar-refractivity contribution is 5.78. The SMILES string of the molecule is COc1cc(/C=C/c2nc3ccccc3[nH]c2=O)ccc1OCC(=O)N1CCOCC1. The van der Waals surface area contributed by atoms with Crippen molar-refractivity contribution in [1.29, 1.82) is 0 Å². The maximum Gasteiger partial charge on any atom is 0.274 e. The van der Waals surface area contributed by atoms with Crippen molar-refractivity contribution >= 4 is 29.1 Å². The smallest absolute Gasteiger partial charge is 0.274 e. The van der Waals surface area contributed by atoms with Gasteiger partial charge in [0.2, 0.25) is 0 Å². The maximum absolute atomic E-state index is 12.3. The summed E-state index contributed by atoms with van der Waals surface area (Å²) in [4.78, 5) is 33.5. The van der Waals surface area contributed by atoms with E-state index in [4.69, 9.17) is 14.2 Å². The van der Waals surface area contributed by atoms with Gasteiger partial charge in [-0.1, -0.05) is 24.3 Å². The summed E-state index contributed by atoms with van der Waals surface area (Å²) in [6.07, 6.45) is 3.43. The fourth-order valence-electron chi connectivity index (χ4n) is 3.28. The largest absolute Gasteiger partial charge is 0.493 e. The van der Waals surface area contributed by atoms with Crippen molar-refractivity contribution in [3.8, 4) is 11.5 Å². The molecule has 0 radical (unpaired) electrons. The minimum atomic E-state index is -0.261. The van der Waals surface area contributed by atoms with Crippen LogP contribution in [0.5, 0.6) is 11.5 Å². The molecule has 1 aromatic heterocycles. The summed E-state index contributed by atoms with van der Waals surface area (Å²) in [5.41, 5.74) is 2.27. The number of H-pyrrole nitrogens is 1. The van der Waals surface area contributed by atoms with E-state index in [9.17, 15) is 9.59 Å². The summed E-state index contributed by atoms with van der Waals surface area (Å²) < 4.78 is 16.3. The average molecular weight is 421 g/mol. The predicted octanol–water partition coefficient (Wildman–Crippen LogP) is 2.34. The second kappa shape index (κ2) is 9.44. The molecule has 160 valence electrons. The van der Waals surface area contributed by atoms with E-state index in [1.165, 1.54) is 7.11 Å².